The predicted molar refractivity (Wildman–Crippen MR) is 146 cm³/mol. The molecule has 3 atom stereocenters. The number of likely N-dealkylation sites (tertiary alicyclic amines) is 1. The Morgan fingerprint density at radius 2 is 1.68 bits per heavy atom. The number of hydrogen-bond donors (Lipinski definition) is 1. The largest absolute Gasteiger partial charge is 0.483 e. The van der Waals surface area contributed by atoms with Crippen molar-refractivity contribution in [3.05, 3.63) is 74.2 Å². The van der Waals surface area contributed by atoms with Crippen LogP contribution in [-0.4, -0.2) is 52.6 Å². The summed E-state index contributed by atoms with van der Waals surface area (Å²) in [4.78, 5) is 58.0. The van der Waals surface area contributed by atoms with Gasteiger partial charge in [-0.05, 0) is 37.5 Å². The van der Waals surface area contributed by atoms with Crippen LogP contribution < -0.4 is 14.5 Å². The molecule has 8 nitrogen and oxygen atoms in total. The Bertz CT molecular complexity index is 1580. The van der Waals surface area contributed by atoms with Crippen LogP contribution in [0.5, 0.6) is 5.75 Å². The number of nitrogens with zero attached hydrogens (tertiary/aromatic N) is 2. The molecule has 3 aliphatic rings. The van der Waals surface area contributed by atoms with Crippen molar-refractivity contribution in [1.82, 2.24) is 9.88 Å². The number of thioether (sulfide) groups is 1. The van der Waals surface area contributed by atoms with Gasteiger partial charge >= 0.3 is 11.0 Å². The number of benzene rings is 2. The van der Waals surface area contributed by atoms with Gasteiger partial charge in [0.05, 0.1) is 22.2 Å². The first-order valence-electron chi connectivity index (χ1n) is 13.1. The van der Waals surface area contributed by atoms with E-state index < -0.39 is 46.3 Å². The molecule has 3 aromatic rings. The first-order valence-corrected chi connectivity index (χ1v) is 14.8. The lowest BCUT2D eigenvalue weighted by Crippen LogP contribution is -2.38. The third-order valence-corrected chi connectivity index (χ3v) is 9.99. The van der Waals surface area contributed by atoms with Crippen molar-refractivity contribution < 1.29 is 32.3 Å². The van der Waals surface area contributed by atoms with Crippen molar-refractivity contribution in [2.75, 3.05) is 24.6 Å². The van der Waals surface area contributed by atoms with E-state index in [4.69, 9.17) is 4.74 Å². The molecule has 2 fully saturated rings. The number of hydrogen-bond acceptors (Lipinski definition) is 7. The molecule has 2 saturated heterocycles. The zero-order valence-electron chi connectivity index (χ0n) is 21.5. The van der Waals surface area contributed by atoms with Crippen molar-refractivity contribution in [3.63, 3.8) is 0 Å². The fourth-order valence-corrected chi connectivity index (χ4v) is 8.25. The molecule has 0 saturated carbocycles. The van der Waals surface area contributed by atoms with E-state index in [-0.39, 0.29) is 17.4 Å². The molecule has 6 rings (SSSR count). The van der Waals surface area contributed by atoms with Gasteiger partial charge in [-0.2, -0.15) is 13.2 Å². The van der Waals surface area contributed by atoms with Crippen molar-refractivity contribution >= 4 is 46.5 Å². The van der Waals surface area contributed by atoms with E-state index >= 15 is 0 Å². The number of rotatable bonds is 5. The van der Waals surface area contributed by atoms with Crippen LogP contribution in [0.25, 0.3) is 0 Å². The number of aromatic amines is 1. The second-order valence-corrected chi connectivity index (χ2v) is 12.2. The van der Waals surface area contributed by atoms with Crippen LogP contribution in [0.3, 0.4) is 0 Å². The van der Waals surface area contributed by atoms with E-state index in [1.54, 1.807) is 29.2 Å². The van der Waals surface area contributed by atoms with Gasteiger partial charge in [0.2, 0.25) is 11.8 Å². The number of alkyl halides is 3. The Morgan fingerprint density at radius 3 is 2.44 bits per heavy atom. The normalized spacial score (nSPS) is 22.5. The fraction of sp³-hybridized carbons (Fsp3) is 0.357. The fourth-order valence-electron chi connectivity index (χ4n) is 5.74. The molecule has 0 aliphatic carbocycles. The number of piperidine rings is 1. The maximum atomic E-state index is 14.0. The number of anilines is 1. The Labute approximate surface area is 240 Å². The lowest BCUT2D eigenvalue weighted by Gasteiger charge is -2.31. The van der Waals surface area contributed by atoms with Gasteiger partial charge in [-0.25, -0.2) is 4.90 Å². The van der Waals surface area contributed by atoms with E-state index in [0.717, 1.165) is 54.5 Å². The molecule has 214 valence electrons. The van der Waals surface area contributed by atoms with E-state index in [2.05, 4.69) is 4.98 Å². The van der Waals surface area contributed by atoms with Crippen molar-refractivity contribution in [1.29, 1.82) is 0 Å². The van der Waals surface area contributed by atoms with Gasteiger partial charge in [-0.15, -0.1) is 0 Å². The third kappa shape index (κ3) is 4.94. The summed E-state index contributed by atoms with van der Waals surface area (Å²) in [5, 5.41) is -0.688. The standard InChI is InChI=1S/C28H24F3N3O5S2/c29-28(30,31)16-9-3-4-10-17(16)34-25(36)21-20(22-24(32-27(38)41-22)40-23(21)26(34)37)15-8-2-5-11-18(15)39-14-19(35)33-12-6-1-7-13-33/h2-5,8-11,20-21,23H,1,6-7,12-14H2,(H,32,38). The van der Waals surface area contributed by atoms with E-state index in [0.29, 0.717) is 39.2 Å². The molecule has 2 aromatic carbocycles. The molecule has 3 aliphatic heterocycles. The minimum absolute atomic E-state index is 0.175. The summed E-state index contributed by atoms with van der Waals surface area (Å²) >= 11 is 1.85. The maximum Gasteiger partial charge on any atom is 0.418 e. The summed E-state index contributed by atoms with van der Waals surface area (Å²) in [5.74, 6) is -3.42. The second-order valence-electron chi connectivity index (χ2n) is 10.0. The molecule has 3 amide bonds. The molecular weight excluding hydrogens is 579 g/mol. The highest BCUT2D eigenvalue weighted by molar-refractivity contribution is 8.00. The molecule has 0 radical (unpaired) electrons. The zero-order valence-corrected chi connectivity index (χ0v) is 23.1. The molecule has 13 heteroatoms. The number of carbonyl (C=O) groups excluding carboxylic acids is 3. The quantitative estimate of drug-likeness (QED) is 0.427. The lowest BCUT2D eigenvalue weighted by atomic mass is 9.82. The Balaban J connectivity index is 1.39. The smallest absolute Gasteiger partial charge is 0.418 e. The molecule has 1 aromatic heterocycles. The number of halogens is 3. The minimum Gasteiger partial charge on any atom is -0.483 e. The summed E-state index contributed by atoms with van der Waals surface area (Å²) in [6, 6.07) is 11.2. The Hall–Kier alpha value is -3.58. The van der Waals surface area contributed by atoms with Gasteiger partial charge in [0.15, 0.2) is 6.61 Å². The number of aromatic nitrogens is 1. The van der Waals surface area contributed by atoms with Crippen LogP contribution in [0.15, 0.2) is 58.4 Å². The van der Waals surface area contributed by atoms with Gasteiger partial charge in [0, 0.05) is 29.4 Å². The number of nitrogens with one attached hydrogen (secondary N) is 1. The molecular formula is C28H24F3N3O5S2. The number of para-hydroxylation sites is 2. The van der Waals surface area contributed by atoms with Crippen LogP contribution in [0.2, 0.25) is 0 Å². The van der Waals surface area contributed by atoms with Crippen LogP contribution in [0, 0.1) is 5.92 Å². The van der Waals surface area contributed by atoms with E-state index in [1.165, 1.54) is 12.1 Å². The number of imide groups is 1. The first kappa shape index (κ1) is 27.6. The average molecular weight is 604 g/mol. The van der Waals surface area contributed by atoms with Crippen LogP contribution in [0.1, 0.15) is 41.2 Å². The van der Waals surface area contributed by atoms with Gasteiger partial charge in [-0.1, -0.05) is 53.4 Å². The summed E-state index contributed by atoms with van der Waals surface area (Å²) < 4.78 is 47.6. The summed E-state index contributed by atoms with van der Waals surface area (Å²) in [6.45, 7) is 1.07. The SMILES string of the molecule is O=C(COc1ccccc1C1c2sc(=O)[nH]c2SC2C(=O)N(c3ccccc3C(F)(F)F)C(=O)C21)N1CCCCC1. The van der Waals surface area contributed by atoms with Crippen LogP contribution >= 0.6 is 23.1 Å². The summed E-state index contributed by atoms with van der Waals surface area (Å²) in [7, 11) is 0. The summed E-state index contributed by atoms with van der Waals surface area (Å²) in [5.41, 5.74) is -1.15. The van der Waals surface area contributed by atoms with Gasteiger partial charge in [0.25, 0.3) is 5.91 Å². The van der Waals surface area contributed by atoms with Crippen molar-refractivity contribution in [2.45, 2.75) is 41.6 Å². The van der Waals surface area contributed by atoms with E-state index in [9.17, 15) is 32.3 Å². The van der Waals surface area contributed by atoms with Crippen LogP contribution in [0.4, 0.5) is 18.9 Å². The second kappa shape index (κ2) is 10.7. The monoisotopic (exact) mass is 603 g/mol. The van der Waals surface area contributed by atoms with Crippen LogP contribution in [-0.2, 0) is 20.6 Å². The topological polar surface area (TPSA) is 99.8 Å². The molecule has 4 heterocycles. The van der Waals surface area contributed by atoms with Gasteiger partial charge in [-0.3, -0.25) is 19.2 Å². The highest BCUT2D eigenvalue weighted by Gasteiger charge is 2.57. The Morgan fingerprint density at radius 1 is 0.976 bits per heavy atom. The highest BCUT2D eigenvalue weighted by atomic mass is 32.2. The molecule has 3 unspecified atom stereocenters. The number of H-pyrrole nitrogens is 1. The number of amides is 3. The highest BCUT2D eigenvalue weighted by Crippen LogP contribution is 2.55. The Kier molecular flexibility index (Phi) is 7.18. The minimum atomic E-state index is -4.79. The lowest BCUT2D eigenvalue weighted by molar-refractivity contribution is -0.137. The first-order chi connectivity index (χ1) is 19.6. The van der Waals surface area contributed by atoms with Gasteiger partial charge in [0.1, 0.15) is 11.0 Å². The van der Waals surface area contributed by atoms with Crippen molar-refractivity contribution in [2.24, 2.45) is 5.92 Å². The molecule has 41 heavy (non-hydrogen) atoms. The molecule has 0 spiro atoms. The zero-order chi connectivity index (χ0) is 28.9. The number of ether oxygens (including phenoxy) is 1. The number of fused-ring (bicyclic) bond motifs is 2. The van der Waals surface area contributed by atoms with Gasteiger partial charge < -0.3 is 14.6 Å². The number of thiazole rings is 1. The predicted octanol–water partition coefficient (Wildman–Crippen LogP) is 4.64. The maximum absolute atomic E-state index is 14.0. The van der Waals surface area contributed by atoms with Crippen molar-refractivity contribution in [3.8, 4) is 5.75 Å². The third-order valence-electron chi connectivity index (χ3n) is 7.59. The summed E-state index contributed by atoms with van der Waals surface area (Å²) in [6.07, 6.45) is -1.88. The van der Waals surface area contributed by atoms with E-state index in [1.807, 2.05) is 0 Å². The average Bonchev–Trinajstić information content (AvgIpc) is 3.46. The molecule has 1 N–H and O–H groups in total. The molecule has 0 bridgehead atoms. The number of carbonyl (C=O) groups is 3.